The summed E-state index contributed by atoms with van der Waals surface area (Å²) >= 11 is 0. The molecule has 1 N–H and O–H groups in total. The first-order chi connectivity index (χ1) is 14.7. The van der Waals surface area contributed by atoms with Crippen molar-refractivity contribution in [3.8, 4) is 5.75 Å². The molecule has 0 saturated heterocycles. The molecule has 0 saturated carbocycles. The molecule has 0 aliphatic carbocycles. The second kappa shape index (κ2) is 9.27. The van der Waals surface area contributed by atoms with Gasteiger partial charge in [0.2, 0.25) is 5.91 Å². The summed E-state index contributed by atoms with van der Waals surface area (Å²) in [6, 6.07) is 25.3. The molecule has 0 atom stereocenters. The average Bonchev–Trinajstić information content (AvgIpc) is 2.77. The van der Waals surface area contributed by atoms with Crippen molar-refractivity contribution in [1.29, 1.82) is 0 Å². The highest BCUT2D eigenvalue weighted by atomic mass is 16.5. The highest BCUT2D eigenvalue weighted by molar-refractivity contribution is 5.99. The van der Waals surface area contributed by atoms with E-state index in [0.717, 1.165) is 18.4 Å². The largest absolute Gasteiger partial charge is 0.482 e. The van der Waals surface area contributed by atoms with Crippen molar-refractivity contribution in [2.45, 2.75) is 19.3 Å². The normalized spacial score (nSPS) is 12.8. The SMILES string of the molecule is O=C(Cc1ccccc1)Nc1ccc2c(c1)N(CCCc1ccccc1)C(=O)CO2. The summed E-state index contributed by atoms with van der Waals surface area (Å²) in [6.45, 7) is 0.642. The van der Waals surface area contributed by atoms with Crippen LogP contribution in [0.2, 0.25) is 0 Å². The van der Waals surface area contributed by atoms with Gasteiger partial charge in [-0.3, -0.25) is 9.59 Å². The Kier molecular flexibility index (Phi) is 6.09. The van der Waals surface area contributed by atoms with Gasteiger partial charge in [-0.1, -0.05) is 60.7 Å². The van der Waals surface area contributed by atoms with Gasteiger partial charge in [-0.05, 0) is 42.2 Å². The Hall–Kier alpha value is -3.60. The van der Waals surface area contributed by atoms with Crippen LogP contribution in [-0.2, 0) is 22.4 Å². The summed E-state index contributed by atoms with van der Waals surface area (Å²) in [7, 11) is 0. The van der Waals surface area contributed by atoms with E-state index in [1.807, 2.05) is 60.7 Å². The number of carbonyl (C=O) groups is 2. The Labute approximate surface area is 176 Å². The standard InChI is InChI=1S/C25H24N2O3/c28-24(16-20-10-5-2-6-11-20)26-21-13-14-23-22(17-21)27(25(29)18-30-23)15-7-12-19-8-3-1-4-9-19/h1-6,8-11,13-14,17H,7,12,15-16,18H2,(H,26,28). The van der Waals surface area contributed by atoms with Gasteiger partial charge in [0.05, 0.1) is 12.1 Å². The molecular weight excluding hydrogens is 376 g/mol. The van der Waals surface area contributed by atoms with E-state index in [4.69, 9.17) is 4.74 Å². The monoisotopic (exact) mass is 400 g/mol. The second-order valence-electron chi connectivity index (χ2n) is 7.32. The van der Waals surface area contributed by atoms with E-state index in [1.165, 1.54) is 5.56 Å². The van der Waals surface area contributed by atoms with Crippen LogP contribution in [0.3, 0.4) is 0 Å². The van der Waals surface area contributed by atoms with Gasteiger partial charge in [0.15, 0.2) is 6.61 Å². The number of nitrogens with zero attached hydrogens (tertiary/aromatic N) is 1. The number of hydrogen-bond donors (Lipinski definition) is 1. The third-order valence-corrected chi connectivity index (χ3v) is 5.08. The first kappa shape index (κ1) is 19.7. The number of rotatable bonds is 7. The molecule has 0 aromatic heterocycles. The number of aryl methyl sites for hydroxylation is 1. The van der Waals surface area contributed by atoms with Gasteiger partial charge in [-0.15, -0.1) is 0 Å². The van der Waals surface area contributed by atoms with Gasteiger partial charge in [0, 0.05) is 12.2 Å². The van der Waals surface area contributed by atoms with Crippen molar-refractivity contribution in [3.05, 3.63) is 90.0 Å². The minimum Gasteiger partial charge on any atom is -0.482 e. The van der Waals surface area contributed by atoms with Gasteiger partial charge >= 0.3 is 0 Å². The van der Waals surface area contributed by atoms with E-state index < -0.39 is 0 Å². The summed E-state index contributed by atoms with van der Waals surface area (Å²) < 4.78 is 5.58. The molecule has 0 fully saturated rings. The summed E-state index contributed by atoms with van der Waals surface area (Å²) in [6.07, 6.45) is 2.04. The number of fused-ring (bicyclic) bond motifs is 1. The highest BCUT2D eigenvalue weighted by Gasteiger charge is 2.25. The summed E-state index contributed by atoms with van der Waals surface area (Å²) in [5.74, 6) is 0.499. The lowest BCUT2D eigenvalue weighted by atomic mass is 10.1. The lowest BCUT2D eigenvalue weighted by molar-refractivity contribution is -0.121. The fourth-order valence-electron chi connectivity index (χ4n) is 3.60. The van der Waals surface area contributed by atoms with E-state index in [0.29, 0.717) is 30.1 Å². The molecule has 152 valence electrons. The lowest BCUT2D eigenvalue weighted by Gasteiger charge is -2.30. The number of hydrogen-bond acceptors (Lipinski definition) is 3. The van der Waals surface area contributed by atoms with Crippen molar-refractivity contribution >= 4 is 23.2 Å². The van der Waals surface area contributed by atoms with E-state index >= 15 is 0 Å². The van der Waals surface area contributed by atoms with E-state index in [1.54, 1.807) is 11.0 Å². The van der Waals surface area contributed by atoms with Gasteiger partial charge in [0.1, 0.15) is 5.75 Å². The zero-order valence-electron chi connectivity index (χ0n) is 16.7. The molecule has 1 aliphatic heterocycles. The lowest BCUT2D eigenvalue weighted by Crippen LogP contribution is -2.39. The minimum absolute atomic E-state index is 0.0397. The zero-order chi connectivity index (χ0) is 20.8. The molecule has 0 unspecified atom stereocenters. The topological polar surface area (TPSA) is 58.6 Å². The third-order valence-electron chi connectivity index (χ3n) is 5.08. The van der Waals surface area contributed by atoms with Crippen molar-refractivity contribution < 1.29 is 14.3 Å². The maximum Gasteiger partial charge on any atom is 0.265 e. The first-order valence-electron chi connectivity index (χ1n) is 10.1. The predicted molar refractivity (Wildman–Crippen MR) is 118 cm³/mol. The molecule has 30 heavy (non-hydrogen) atoms. The van der Waals surface area contributed by atoms with Crippen molar-refractivity contribution in [3.63, 3.8) is 0 Å². The summed E-state index contributed by atoms with van der Waals surface area (Å²) in [5.41, 5.74) is 3.56. The number of nitrogens with one attached hydrogen (secondary N) is 1. The quantitative estimate of drug-likeness (QED) is 0.646. The molecular formula is C25H24N2O3. The number of benzene rings is 3. The van der Waals surface area contributed by atoms with Crippen LogP contribution in [0.25, 0.3) is 0 Å². The maximum absolute atomic E-state index is 12.5. The van der Waals surface area contributed by atoms with Crippen molar-refractivity contribution in [1.82, 2.24) is 0 Å². The average molecular weight is 400 g/mol. The fraction of sp³-hybridized carbons (Fsp3) is 0.200. The Morgan fingerprint density at radius 1 is 0.933 bits per heavy atom. The molecule has 5 heteroatoms. The van der Waals surface area contributed by atoms with Crippen LogP contribution >= 0.6 is 0 Å². The van der Waals surface area contributed by atoms with Crippen LogP contribution in [0.15, 0.2) is 78.9 Å². The highest BCUT2D eigenvalue weighted by Crippen LogP contribution is 2.34. The van der Waals surface area contributed by atoms with Crippen LogP contribution in [0.1, 0.15) is 17.5 Å². The first-order valence-corrected chi connectivity index (χ1v) is 10.1. The predicted octanol–water partition coefficient (Wildman–Crippen LogP) is 4.23. The van der Waals surface area contributed by atoms with E-state index in [2.05, 4.69) is 17.4 Å². The Morgan fingerprint density at radius 3 is 2.37 bits per heavy atom. The Bertz CT molecular complexity index is 1020. The number of carbonyl (C=O) groups excluding carboxylic acids is 2. The van der Waals surface area contributed by atoms with Crippen LogP contribution < -0.4 is 15.0 Å². The van der Waals surface area contributed by atoms with Crippen LogP contribution in [0, 0.1) is 0 Å². The van der Waals surface area contributed by atoms with Gasteiger partial charge < -0.3 is 15.0 Å². The molecule has 4 rings (SSSR count). The van der Waals surface area contributed by atoms with Crippen LogP contribution in [-0.4, -0.2) is 25.0 Å². The number of amides is 2. The van der Waals surface area contributed by atoms with E-state index in [-0.39, 0.29) is 18.4 Å². The van der Waals surface area contributed by atoms with Crippen LogP contribution in [0.4, 0.5) is 11.4 Å². The maximum atomic E-state index is 12.5. The van der Waals surface area contributed by atoms with Crippen molar-refractivity contribution in [2.24, 2.45) is 0 Å². The smallest absolute Gasteiger partial charge is 0.265 e. The van der Waals surface area contributed by atoms with Gasteiger partial charge in [-0.25, -0.2) is 0 Å². The molecule has 0 radical (unpaired) electrons. The molecule has 1 heterocycles. The van der Waals surface area contributed by atoms with Gasteiger partial charge in [-0.2, -0.15) is 0 Å². The summed E-state index contributed by atoms with van der Waals surface area (Å²) in [5, 5.41) is 2.93. The molecule has 5 nitrogen and oxygen atoms in total. The Balaban J connectivity index is 1.43. The fourth-order valence-corrected chi connectivity index (χ4v) is 3.60. The third kappa shape index (κ3) is 4.87. The molecule has 0 bridgehead atoms. The van der Waals surface area contributed by atoms with Crippen LogP contribution in [0.5, 0.6) is 5.75 Å². The zero-order valence-corrected chi connectivity index (χ0v) is 16.7. The van der Waals surface area contributed by atoms with E-state index in [9.17, 15) is 9.59 Å². The molecule has 0 spiro atoms. The molecule has 1 aliphatic rings. The number of ether oxygens (including phenoxy) is 1. The minimum atomic E-state index is -0.0974. The van der Waals surface area contributed by atoms with Crippen molar-refractivity contribution in [2.75, 3.05) is 23.4 Å². The number of anilines is 2. The second-order valence-corrected chi connectivity index (χ2v) is 7.32. The molecule has 2 amide bonds. The summed E-state index contributed by atoms with van der Waals surface area (Å²) in [4.78, 5) is 26.6. The Morgan fingerprint density at radius 2 is 1.63 bits per heavy atom. The molecule has 3 aromatic carbocycles. The molecule has 3 aromatic rings. The van der Waals surface area contributed by atoms with Gasteiger partial charge in [0.25, 0.3) is 5.91 Å².